The number of benzene rings is 1. The van der Waals surface area contributed by atoms with Gasteiger partial charge in [-0.1, -0.05) is 23.7 Å². The van der Waals surface area contributed by atoms with Crippen molar-refractivity contribution in [2.24, 2.45) is 0 Å². The van der Waals surface area contributed by atoms with E-state index in [9.17, 15) is 4.79 Å². The van der Waals surface area contributed by atoms with E-state index in [2.05, 4.69) is 20.4 Å². The number of likely N-dealkylation sites (N-methyl/N-ethyl adjacent to an activating group) is 1. The molecule has 2 aromatic heterocycles. The Kier molecular flexibility index (Phi) is 6.16. The number of aromatic nitrogens is 4. The minimum Gasteiger partial charge on any atom is -0.319 e. The molecule has 0 fully saturated rings. The molecule has 0 aliphatic heterocycles. The van der Waals surface area contributed by atoms with E-state index in [-0.39, 0.29) is 5.91 Å². The Morgan fingerprint density at radius 2 is 2.07 bits per heavy atom. The normalized spacial score (nSPS) is 11.2. The van der Waals surface area contributed by atoms with Crippen LogP contribution in [0.5, 0.6) is 0 Å². The van der Waals surface area contributed by atoms with Gasteiger partial charge >= 0.3 is 0 Å². The maximum atomic E-state index is 12.6. The zero-order chi connectivity index (χ0) is 20.3. The van der Waals surface area contributed by atoms with Gasteiger partial charge in [0, 0.05) is 18.3 Å². The summed E-state index contributed by atoms with van der Waals surface area (Å²) in [7, 11) is 4.03. The zero-order valence-corrected chi connectivity index (χ0v) is 17.4. The highest BCUT2D eigenvalue weighted by Gasteiger charge is 2.12. The molecule has 0 saturated carbocycles. The number of carbonyl (C=O) groups excluding carboxylic acids is 1. The smallest absolute Gasteiger partial charge is 0.255 e. The molecule has 0 unspecified atom stereocenters. The van der Waals surface area contributed by atoms with Gasteiger partial charge in [-0.3, -0.25) is 14.2 Å². The number of hydrogen-bond acceptors (Lipinski definition) is 4. The summed E-state index contributed by atoms with van der Waals surface area (Å²) >= 11 is 6.22. The molecule has 3 aromatic rings. The number of carbonyl (C=O) groups is 1. The summed E-state index contributed by atoms with van der Waals surface area (Å²) in [4.78, 5) is 14.7. The number of nitrogens with one attached hydrogen (secondary N) is 1. The molecule has 1 N–H and O–H groups in total. The molecule has 0 saturated heterocycles. The fraction of sp³-hybridized carbons (Fsp3) is 0.350. The van der Waals surface area contributed by atoms with Gasteiger partial charge in [-0.2, -0.15) is 10.2 Å². The van der Waals surface area contributed by atoms with Crippen molar-refractivity contribution in [1.29, 1.82) is 0 Å². The second-order valence-electron chi connectivity index (χ2n) is 7.09. The summed E-state index contributed by atoms with van der Waals surface area (Å²) in [6.45, 7) is 6.03. The standard InChI is InChI=1S/C20H25ClN6O/c1-14-19(21)15(2)27(24-14)12-16-6-5-7-17(10-16)20(28)23-18-11-22-26(13-18)9-8-25(3)4/h5-7,10-11,13H,8-9,12H2,1-4H3,(H,23,28). The quantitative estimate of drug-likeness (QED) is 0.661. The Morgan fingerprint density at radius 1 is 1.29 bits per heavy atom. The molecule has 7 nitrogen and oxygen atoms in total. The largest absolute Gasteiger partial charge is 0.319 e. The fourth-order valence-corrected chi connectivity index (χ4v) is 3.00. The van der Waals surface area contributed by atoms with E-state index in [4.69, 9.17) is 11.6 Å². The van der Waals surface area contributed by atoms with Crippen molar-refractivity contribution in [2.75, 3.05) is 26.0 Å². The van der Waals surface area contributed by atoms with Crippen LogP contribution in [0.3, 0.4) is 0 Å². The summed E-state index contributed by atoms with van der Waals surface area (Å²) in [6.07, 6.45) is 3.50. The maximum absolute atomic E-state index is 12.6. The molecule has 0 atom stereocenters. The van der Waals surface area contributed by atoms with Crippen molar-refractivity contribution in [2.45, 2.75) is 26.9 Å². The van der Waals surface area contributed by atoms with Crippen LogP contribution in [0.1, 0.15) is 27.3 Å². The van der Waals surface area contributed by atoms with Crippen molar-refractivity contribution in [1.82, 2.24) is 24.5 Å². The first-order chi connectivity index (χ1) is 13.3. The topological polar surface area (TPSA) is 68.0 Å². The van der Waals surface area contributed by atoms with Gasteiger partial charge in [0.2, 0.25) is 0 Å². The lowest BCUT2D eigenvalue weighted by atomic mass is 10.1. The summed E-state index contributed by atoms with van der Waals surface area (Å²) in [5.41, 5.74) is 3.97. The number of anilines is 1. The van der Waals surface area contributed by atoms with E-state index in [0.29, 0.717) is 22.8 Å². The number of hydrogen-bond donors (Lipinski definition) is 1. The Balaban J connectivity index is 1.68. The molecule has 28 heavy (non-hydrogen) atoms. The Labute approximate surface area is 169 Å². The Bertz CT molecular complexity index is 975. The Morgan fingerprint density at radius 3 is 2.75 bits per heavy atom. The molecular weight excluding hydrogens is 376 g/mol. The average Bonchev–Trinajstić information content (AvgIpc) is 3.20. The summed E-state index contributed by atoms with van der Waals surface area (Å²) < 4.78 is 3.67. The van der Waals surface area contributed by atoms with E-state index in [1.165, 1.54) is 0 Å². The number of halogens is 1. The van der Waals surface area contributed by atoms with Crippen molar-refractivity contribution < 1.29 is 4.79 Å². The number of aryl methyl sites for hydroxylation is 1. The highest BCUT2D eigenvalue weighted by Crippen LogP contribution is 2.20. The molecule has 2 heterocycles. The number of rotatable bonds is 7. The van der Waals surface area contributed by atoms with E-state index in [0.717, 1.165) is 30.0 Å². The third kappa shape index (κ3) is 4.79. The van der Waals surface area contributed by atoms with Crippen LogP contribution in [0.25, 0.3) is 0 Å². The first-order valence-corrected chi connectivity index (χ1v) is 9.48. The Hall–Kier alpha value is -2.64. The highest BCUT2D eigenvalue weighted by molar-refractivity contribution is 6.31. The molecule has 0 aliphatic rings. The zero-order valence-electron chi connectivity index (χ0n) is 16.6. The lowest BCUT2D eigenvalue weighted by Gasteiger charge is -2.09. The molecule has 148 valence electrons. The van der Waals surface area contributed by atoms with E-state index in [1.807, 2.05) is 61.7 Å². The number of nitrogens with zero attached hydrogens (tertiary/aromatic N) is 5. The molecule has 8 heteroatoms. The van der Waals surface area contributed by atoms with Gasteiger partial charge in [-0.25, -0.2) is 0 Å². The van der Waals surface area contributed by atoms with Crippen molar-refractivity contribution >= 4 is 23.2 Å². The van der Waals surface area contributed by atoms with Crippen LogP contribution in [-0.2, 0) is 13.1 Å². The highest BCUT2D eigenvalue weighted by atomic mass is 35.5. The van der Waals surface area contributed by atoms with Gasteiger partial charge in [0.15, 0.2) is 0 Å². The first-order valence-electron chi connectivity index (χ1n) is 9.10. The first kappa shape index (κ1) is 20.1. The van der Waals surface area contributed by atoms with Crippen molar-refractivity contribution in [3.63, 3.8) is 0 Å². The van der Waals surface area contributed by atoms with Crippen LogP contribution in [0.15, 0.2) is 36.7 Å². The van der Waals surface area contributed by atoms with Crippen LogP contribution in [-0.4, -0.2) is 51.0 Å². The summed E-state index contributed by atoms with van der Waals surface area (Å²) in [6, 6.07) is 7.51. The van der Waals surface area contributed by atoms with Gasteiger partial charge in [0.05, 0.1) is 41.4 Å². The van der Waals surface area contributed by atoms with Crippen molar-refractivity contribution in [3.8, 4) is 0 Å². The van der Waals surface area contributed by atoms with Crippen LogP contribution >= 0.6 is 11.6 Å². The van der Waals surface area contributed by atoms with Gasteiger partial charge in [0.1, 0.15) is 0 Å². The minimum absolute atomic E-state index is 0.166. The third-order valence-corrected chi connectivity index (χ3v) is 5.03. The lowest BCUT2D eigenvalue weighted by Crippen LogP contribution is -2.18. The van der Waals surface area contributed by atoms with Crippen LogP contribution < -0.4 is 5.32 Å². The van der Waals surface area contributed by atoms with Crippen molar-refractivity contribution in [3.05, 3.63) is 64.2 Å². The third-order valence-electron chi connectivity index (χ3n) is 4.48. The predicted octanol–water partition coefficient (Wildman–Crippen LogP) is 3.21. The van der Waals surface area contributed by atoms with E-state index < -0.39 is 0 Å². The second-order valence-corrected chi connectivity index (χ2v) is 7.47. The van der Waals surface area contributed by atoms with Gasteiger partial charge in [-0.15, -0.1) is 0 Å². The molecule has 0 radical (unpaired) electrons. The minimum atomic E-state index is -0.166. The molecule has 0 aliphatic carbocycles. The monoisotopic (exact) mass is 400 g/mol. The summed E-state index contributed by atoms with van der Waals surface area (Å²) in [5, 5.41) is 12.3. The fourth-order valence-electron chi connectivity index (χ4n) is 2.87. The SMILES string of the molecule is Cc1nn(Cc2cccc(C(=O)Nc3cnn(CCN(C)C)c3)c2)c(C)c1Cl. The molecule has 0 spiro atoms. The van der Waals surface area contributed by atoms with Gasteiger partial charge in [-0.05, 0) is 45.6 Å². The lowest BCUT2D eigenvalue weighted by molar-refractivity contribution is 0.102. The molecule has 0 bridgehead atoms. The number of amides is 1. The molecule has 3 rings (SSSR count). The van der Waals surface area contributed by atoms with Crippen LogP contribution in [0, 0.1) is 13.8 Å². The van der Waals surface area contributed by atoms with Crippen LogP contribution in [0.2, 0.25) is 5.02 Å². The van der Waals surface area contributed by atoms with Gasteiger partial charge in [0.25, 0.3) is 5.91 Å². The van der Waals surface area contributed by atoms with Gasteiger partial charge < -0.3 is 10.2 Å². The molecule has 1 amide bonds. The maximum Gasteiger partial charge on any atom is 0.255 e. The molecular formula is C20H25ClN6O. The predicted molar refractivity (Wildman–Crippen MR) is 111 cm³/mol. The average molecular weight is 401 g/mol. The second kappa shape index (κ2) is 8.58. The van der Waals surface area contributed by atoms with E-state index >= 15 is 0 Å². The molecule has 1 aromatic carbocycles. The van der Waals surface area contributed by atoms with Crippen LogP contribution in [0.4, 0.5) is 5.69 Å². The summed E-state index contributed by atoms with van der Waals surface area (Å²) in [5.74, 6) is -0.166. The van der Waals surface area contributed by atoms with E-state index in [1.54, 1.807) is 12.3 Å².